The van der Waals surface area contributed by atoms with Crippen LogP contribution in [0, 0.1) is 0 Å². The van der Waals surface area contributed by atoms with Gasteiger partial charge in [0.15, 0.2) is 0 Å². The quantitative estimate of drug-likeness (QED) is 0.412. The Balaban J connectivity index is 1.41. The number of carbonyl (C=O) groups excluding carboxylic acids is 2. The number of ether oxygens (including phenoxy) is 1. The van der Waals surface area contributed by atoms with E-state index in [1.165, 1.54) is 4.90 Å². The highest BCUT2D eigenvalue weighted by Crippen LogP contribution is 2.28. The van der Waals surface area contributed by atoms with Gasteiger partial charge in [0.2, 0.25) is 0 Å². The fourth-order valence-electron chi connectivity index (χ4n) is 4.36. The number of amides is 2. The van der Waals surface area contributed by atoms with Gasteiger partial charge >= 0.3 is 0 Å². The largest absolute Gasteiger partial charge is 0.380 e. The van der Waals surface area contributed by atoms with Crippen LogP contribution in [0.1, 0.15) is 38.3 Å². The first-order valence-corrected chi connectivity index (χ1v) is 10.7. The molecule has 0 saturated carbocycles. The van der Waals surface area contributed by atoms with E-state index in [-0.39, 0.29) is 11.8 Å². The number of carbonyl (C=O) groups is 2. The number of aromatic nitrogens is 2. The summed E-state index contributed by atoms with van der Waals surface area (Å²) in [5.74, 6) is 0.441. The van der Waals surface area contributed by atoms with Crippen LogP contribution in [-0.4, -0.2) is 39.9 Å². The maximum absolute atomic E-state index is 12.6. The smallest absolute Gasteiger partial charge is 0.261 e. The highest BCUT2D eigenvalue weighted by molar-refractivity contribution is 6.21. The highest BCUT2D eigenvalue weighted by Gasteiger charge is 2.34. The van der Waals surface area contributed by atoms with Crippen molar-refractivity contribution in [3.05, 3.63) is 95.3 Å². The monoisotopic (exact) mass is 425 g/mol. The standard InChI is InChI=1S/C26H23N3O3/c1-32-17-18-11-12-23-22(15-18)19(16-29(23)24-10-4-5-13-27-24)7-6-14-28-25(30)20-8-2-3-9-21(20)26(28)31/h2-5,8-13,15-16H,6-7,14,17H2,1H3. The molecule has 0 radical (unpaired) electrons. The second kappa shape index (κ2) is 8.40. The SMILES string of the molecule is COCc1ccc2c(c1)c(CCCN1C(=O)c3ccccc3C1=O)cn2-c1ccccn1. The van der Waals surface area contributed by atoms with Crippen molar-refractivity contribution in [3.8, 4) is 5.82 Å². The molecule has 32 heavy (non-hydrogen) atoms. The molecular formula is C26H23N3O3. The second-order valence-corrected chi connectivity index (χ2v) is 7.91. The number of aryl methyl sites for hydroxylation is 1. The number of imide groups is 1. The van der Waals surface area contributed by atoms with Gasteiger partial charge in [-0.05, 0) is 60.4 Å². The number of fused-ring (bicyclic) bond motifs is 2. The van der Waals surface area contributed by atoms with Crippen molar-refractivity contribution in [2.75, 3.05) is 13.7 Å². The Labute approximate surface area is 186 Å². The van der Waals surface area contributed by atoms with Gasteiger partial charge in [-0.3, -0.25) is 14.5 Å². The fourth-order valence-corrected chi connectivity index (χ4v) is 4.36. The average molecular weight is 425 g/mol. The van der Waals surface area contributed by atoms with E-state index < -0.39 is 0 Å². The average Bonchev–Trinajstić information content (AvgIpc) is 3.30. The third kappa shape index (κ3) is 3.48. The van der Waals surface area contributed by atoms with Crippen molar-refractivity contribution in [3.63, 3.8) is 0 Å². The molecular weight excluding hydrogens is 402 g/mol. The Hall–Kier alpha value is -3.77. The predicted octanol–water partition coefficient (Wildman–Crippen LogP) is 4.40. The van der Waals surface area contributed by atoms with Gasteiger partial charge < -0.3 is 9.30 Å². The molecule has 1 aliphatic heterocycles. The number of hydrogen-bond donors (Lipinski definition) is 0. The normalized spacial score (nSPS) is 13.2. The van der Waals surface area contributed by atoms with Crippen LogP contribution >= 0.6 is 0 Å². The Morgan fingerprint density at radius 1 is 0.938 bits per heavy atom. The lowest BCUT2D eigenvalue weighted by Crippen LogP contribution is -2.30. The molecule has 2 aromatic carbocycles. The Bertz CT molecular complexity index is 1280. The minimum absolute atomic E-state index is 0.205. The van der Waals surface area contributed by atoms with Crippen molar-refractivity contribution in [1.82, 2.24) is 14.5 Å². The van der Waals surface area contributed by atoms with Crippen molar-refractivity contribution in [2.24, 2.45) is 0 Å². The molecule has 3 heterocycles. The predicted molar refractivity (Wildman–Crippen MR) is 122 cm³/mol. The molecule has 2 amide bonds. The van der Waals surface area contributed by atoms with Crippen LogP contribution in [0.3, 0.4) is 0 Å². The van der Waals surface area contributed by atoms with Gasteiger partial charge in [-0.15, -0.1) is 0 Å². The molecule has 5 rings (SSSR count). The first kappa shape index (κ1) is 20.2. The Morgan fingerprint density at radius 3 is 2.38 bits per heavy atom. The van der Waals surface area contributed by atoms with E-state index in [9.17, 15) is 9.59 Å². The van der Waals surface area contributed by atoms with Crippen LogP contribution in [0.5, 0.6) is 0 Å². The van der Waals surface area contributed by atoms with Crippen LogP contribution < -0.4 is 0 Å². The summed E-state index contributed by atoms with van der Waals surface area (Å²) >= 11 is 0. The van der Waals surface area contributed by atoms with Crippen LogP contribution in [0.15, 0.2) is 73.1 Å². The van der Waals surface area contributed by atoms with Gasteiger partial charge in [0.25, 0.3) is 11.8 Å². The Morgan fingerprint density at radius 2 is 1.69 bits per heavy atom. The van der Waals surface area contributed by atoms with Crippen LogP contribution in [0.4, 0.5) is 0 Å². The summed E-state index contributed by atoms with van der Waals surface area (Å²) in [6, 6.07) is 19.2. The van der Waals surface area contributed by atoms with Gasteiger partial charge in [0.1, 0.15) is 5.82 Å². The Kier molecular flexibility index (Phi) is 5.29. The van der Waals surface area contributed by atoms with Crippen molar-refractivity contribution in [1.29, 1.82) is 0 Å². The van der Waals surface area contributed by atoms with Gasteiger partial charge in [0.05, 0.1) is 23.3 Å². The molecule has 0 spiro atoms. The van der Waals surface area contributed by atoms with Gasteiger partial charge in [-0.25, -0.2) is 4.98 Å². The molecule has 4 aromatic rings. The number of hydrogen-bond acceptors (Lipinski definition) is 4. The lowest BCUT2D eigenvalue weighted by Gasteiger charge is -2.13. The maximum Gasteiger partial charge on any atom is 0.261 e. The molecule has 0 N–H and O–H groups in total. The third-order valence-corrected chi connectivity index (χ3v) is 5.86. The summed E-state index contributed by atoms with van der Waals surface area (Å²) in [4.78, 5) is 31.2. The molecule has 0 saturated heterocycles. The van der Waals surface area contributed by atoms with E-state index in [1.54, 1.807) is 37.6 Å². The molecule has 2 aromatic heterocycles. The van der Waals surface area contributed by atoms with Crippen molar-refractivity contribution >= 4 is 22.7 Å². The highest BCUT2D eigenvalue weighted by atomic mass is 16.5. The summed E-state index contributed by atoms with van der Waals surface area (Å²) in [5, 5.41) is 1.13. The van der Waals surface area contributed by atoms with E-state index in [1.807, 2.05) is 18.2 Å². The zero-order chi connectivity index (χ0) is 22.1. The lowest BCUT2D eigenvalue weighted by atomic mass is 10.1. The van der Waals surface area contributed by atoms with E-state index in [0.29, 0.717) is 30.7 Å². The molecule has 0 fully saturated rings. The molecule has 0 unspecified atom stereocenters. The summed E-state index contributed by atoms with van der Waals surface area (Å²) < 4.78 is 7.40. The zero-order valence-electron chi connectivity index (χ0n) is 17.8. The topological polar surface area (TPSA) is 64.4 Å². The molecule has 1 aliphatic rings. The molecule has 0 atom stereocenters. The number of benzene rings is 2. The zero-order valence-corrected chi connectivity index (χ0v) is 17.8. The molecule has 6 nitrogen and oxygen atoms in total. The first-order chi connectivity index (χ1) is 15.7. The number of rotatable bonds is 7. The van der Waals surface area contributed by atoms with Gasteiger partial charge in [-0.1, -0.05) is 24.3 Å². The van der Waals surface area contributed by atoms with Crippen molar-refractivity contribution < 1.29 is 14.3 Å². The van der Waals surface area contributed by atoms with Gasteiger partial charge in [0, 0.05) is 31.4 Å². The van der Waals surface area contributed by atoms with Crippen molar-refractivity contribution in [2.45, 2.75) is 19.4 Å². The second-order valence-electron chi connectivity index (χ2n) is 7.91. The number of nitrogens with zero attached hydrogens (tertiary/aromatic N) is 3. The third-order valence-electron chi connectivity index (χ3n) is 5.86. The van der Waals surface area contributed by atoms with Crippen LogP contribution in [0.2, 0.25) is 0 Å². The molecule has 160 valence electrons. The summed E-state index contributed by atoms with van der Waals surface area (Å²) in [6.45, 7) is 0.930. The van der Waals surface area contributed by atoms with Crippen LogP contribution in [0.25, 0.3) is 16.7 Å². The summed E-state index contributed by atoms with van der Waals surface area (Å²) in [5.41, 5.74) is 4.31. The van der Waals surface area contributed by atoms with E-state index >= 15 is 0 Å². The van der Waals surface area contributed by atoms with Crippen LogP contribution in [-0.2, 0) is 17.8 Å². The molecule has 0 aliphatic carbocycles. The minimum Gasteiger partial charge on any atom is -0.380 e. The van der Waals surface area contributed by atoms with E-state index in [2.05, 4.69) is 33.9 Å². The lowest BCUT2D eigenvalue weighted by molar-refractivity contribution is 0.0652. The minimum atomic E-state index is -0.205. The first-order valence-electron chi connectivity index (χ1n) is 10.7. The summed E-state index contributed by atoms with van der Waals surface area (Å²) in [7, 11) is 1.69. The van der Waals surface area contributed by atoms with Gasteiger partial charge in [-0.2, -0.15) is 0 Å². The maximum atomic E-state index is 12.6. The molecule has 6 heteroatoms. The van der Waals surface area contributed by atoms with E-state index in [4.69, 9.17) is 4.74 Å². The van der Waals surface area contributed by atoms with E-state index in [0.717, 1.165) is 34.3 Å². The summed E-state index contributed by atoms with van der Waals surface area (Å²) in [6.07, 6.45) is 5.30. The molecule has 0 bridgehead atoms. The number of methoxy groups -OCH3 is 1. The fraction of sp³-hybridized carbons (Fsp3) is 0.192. The number of pyridine rings is 1.